The number of amides is 2. The largest absolute Gasteiger partial charge is 0.465 e. The lowest BCUT2D eigenvalue weighted by Gasteiger charge is -2.37. The van der Waals surface area contributed by atoms with Gasteiger partial charge in [0.1, 0.15) is 5.60 Å². The lowest BCUT2D eigenvalue weighted by Crippen LogP contribution is -2.50. The van der Waals surface area contributed by atoms with Crippen molar-refractivity contribution in [3.63, 3.8) is 0 Å². The number of likely N-dealkylation sites (tertiary alicyclic amines) is 1. The van der Waals surface area contributed by atoms with Gasteiger partial charge in [-0.25, -0.2) is 4.79 Å². The first-order chi connectivity index (χ1) is 16.6. The minimum absolute atomic E-state index is 0.0498. The molecule has 35 heavy (non-hydrogen) atoms. The first kappa shape index (κ1) is 26.6. The molecule has 1 aromatic carbocycles. The SMILES string of the molecule is CCOC(=O)CN1CCC(C(=O)Nc2ccc(N3CCN(C(=O)OC(C)(C)C)CC3)cc2N)CC1. The number of nitrogens with zero attached hydrogens (tertiary/aromatic N) is 3. The Morgan fingerprint density at radius 3 is 2.29 bits per heavy atom. The highest BCUT2D eigenvalue weighted by molar-refractivity contribution is 5.96. The Hall–Kier alpha value is -3.01. The van der Waals surface area contributed by atoms with E-state index in [1.54, 1.807) is 11.8 Å². The number of rotatable bonds is 6. The normalized spacial score (nSPS) is 17.7. The van der Waals surface area contributed by atoms with Crippen LogP contribution in [0.2, 0.25) is 0 Å². The minimum Gasteiger partial charge on any atom is -0.465 e. The van der Waals surface area contributed by atoms with E-state index in [1.807, 2.05) is 43.9 Å². The molecule has 0 spiro atoms. The van der Waals surface area contributed by atoms with Crippen LogP contribution in [0.5, 0.6) is 0 Å². The maximum Gasteiger partial charge on any atom is 0.410 e. The van der Waals surface area contributed by atoms with Gasteiger partial charge in [0.05, 0.1) is 24.5 Å². The molecule has 10 heteroatoms. The fraction of sp³-hybridized carbons (Fsp3) is 0.640. The van der Waals surface area contributed by atoms with E-state index in [-0.39, 0.29) is 30.4 Å². The van der Waals surface area contributed by atoms with Crippen LogP contribution >= 0.6 is 0 Å². The molecule has 2 saturated heterocycles. The van der Waals surface area contributed by atoms with Gasteiger partial charge in [-0.15, -0.1) is 0 Å². The lowest BCUT2D eigenvalue weighted by atomic mass is 9.95. The van der Waals surface area contributed by atoms with Crippen molar-refractivity contribution in [3.8, 4) is 0 Å². The summed E-state index contributed by atoms with van der Waals surface area (Å²) in [6.07, 6.45) is 1.08. The molecule has 0 radical (unpaired) electrons. The Kier molecular flexibility index (Phi) is 8.82. The van der Waals surface area contributed by atoms with Gasteiger partial charge in [0.25, 0.3) is 0 Å². The average molecular weight is 490 g/mol. The molecule has 3 rings (SSSR count). The molecule has 2 heterocycles. The zero-order valence-electron chi connectivity index (χ0n) is 21.3. The van der Waals surface area contributed by atoms with Crippen LogP contribution in [-0.2, 0) is 19.1 Å². The number of hydrogen-bond acceptors (Lipinski definition) is 8. The number of anilines is 3. The van der Waals surface area contributed by atoms with Crippen molar-refractivity contribution in [2.24, 2.45) is 5.92 Å². The average Bonchev–Trinajstić information content (AvgIpc) is 2.80. The maximum atomic E-state index is 12.8. The molecule has 0 aromatic heterocycles. The smallest absolute Gasteiger partial charge is 0.410 e. The third-order valence-corrected chi connectivity index (χ3v) is 6.21. The van der Waals surface area contributed by atoms with Gasteiger partial charge >= 0.3 is 12.1 Å². The Labute approximate surface area is 207 Å². The third kappa shape index (κ3) is 7.74. The Morgan fingerprint density at radius 2 is 1.71 bits per heavy atom. The molecular formula is C25H39N5O5. The summed E-state index contributed by atoms with van der Waals surface area (Å²) >= 11 is 0. The Balaban J connectivity index is 1.48. The summed E-state index contributed by atoms with van der Waals surface area (Å²) in [7, 11) is 0. The number of piperidine rings is 1. The molecule has 10 nitrogen and oxygen atoms in total. The van der Waals surface area contributed by atoms with E-state index in [0.717, 1.165) is 5.69 Å². The zero-order valence-corrected chi connectivity index (χ0v) is 21.3. The summed E-state index contributed by atoms with van der Waals surface area (Å²) in [6, 6.07) is 5.64. The van der Waals surface area contributed by atoms with E-state index in [0.29, 0.717) is 70.1 Å². The van der Waals surface area contributed by atoms with Crippen molar-refractivity contribution in [3.05, 3.63) is 18.2 Å². The number of nitrogen functional groups attached to an aromatic ring is 1. The fourth-order valence-electron chi connectivity index (χ4n) is 4.31. The first-order valence-corrected chi connectivity index (χ1v) is 12.4. The number of hydrogen-bond donors (Lipinski definition) is 2. The minimum atomic E-state index is -0.511. The summed E-state index contributed by atoms with van der Waals surface area (Å²) in [6.45, 7) is 11.9. The molecule has 0 unspecified atom stereocenters. The number of ether oxygens (including phenoxy) is 2. The summed E-state index contributed by atoms with van der Waals surface area (Å²) < 4.78 is 10.5. The van der Waals surface area contributed by atoms with Crippen molar-refractivity contribution in [2.75, 3.05) is 68.4 Å². The van der Waals surface area contributed by atoms with E-state index in [2.05, 4.69) is 10.2 Å². The van der Waals surface area contributed by atoms with Crippen molar-refractivity contribution in [1.82, 2.24) is 9.80 Å². The predicted molar refractivity (Wildman–Crippen MR) is 135 cm³/mol. The number of nitrogens with two attached hydrogens (primary N) is 1. The molecule has 1 aromatic rings. The quantitative estimate of drug-likeness (QED) is 0.462. The molecule has 2 fully saturated rings. The zero-order chi connectivity index (χ0) is 25.6. The first-order valence-electron chi connectivity index (χ1n) is 12.4. The third-order valence-electron chi connectivity index (χ3n) is 6.21. The van der Waals surface area contributed by atoms with Crippen LogP contribution in [0.15, 0.2) is 18.2 Å². The van der Waals surface area contributed by atoms with Gasteiger partial charge in [-0.3, -0.25) is 14.5 Å². The number of benzene rings is 1. The summed E-state index contributed by atoms with van der Waals surface area (Å²) in [5.41, 5.74) is 7.82. The lowest BCUT2D eigenvalue weighted by molar-refractivity contribution is -0.144. The topological polar surface area (TPSA) is 117 Å². The van der Waals surface area contributed by atoms with Crippen LogP contribution < -0.4 is 16.0 Å². The number of nitrogens with one attached hydrogen (secondary N) is 1. The molecule has 3 N–H and O–H groups in total. The van der Waals surface area contributed by atoms with Gasteiger partial charge in [-0.2, -0.15) is 0 Å². The van der Waals surface area contributed by atoms with Gasteiger partial charge in [0.15, 0.2) is 0 Å². The van der Waals surface area contributed by atoms with E-state index < -0.39 is 5.60 Å². The monoisotopic (exact) mass is 489 g/mol. The molecule has 194 valence electrons. The molecular weight excluding hydrogens is 450 g/mol. The van der Waals surface area contributed by atoms with E-state index >= 15 is 0 Å². The predicted octanol–water partition coefficient (Wildman–Crippen LogP) is 2.54. The molecule has 0 atom stereocenters. The van der Waals surface area contributed by atoms with Crippen LogP contribution in [0.25, 0.3) is 0 Å². The van der Waals surface area contributed by atoms with Crippen molar-refractivity contribution < 1.29 is 23.9 Å². The van der Waals surface area contributed by atoms with E-state index in [4.69, 9.17) is 15.2 Å². The number of carbonyl (C=O) groups is 3. The molecule has 0 aliphatic carbocycles. The summed E-state index contributed by atoms with van der Waals surface area (Å²) in [5, 5.41) is 2.97. The standard InChI is InChI=1S/C25H39N5O5/c1-5-34-22(31)17-28-10-8-18(9-11-28)23(32)27-21-7-6-19(16-20(21)26)29-12-14-30(15-13-29)24(33)35-25(2,3)4/h6-7,16,18H,5,8-15,17,26H2,1-4H3,(H,27,32). The van der Waals surface area contributed by atoms with Crippen LogP contribution in [0.4, 0.5) is 21.9 Å². The highest BCUT2D eigenvalue weighted by atomic mass is 16.6. The molecule has 2 amide bonds. The Morgan fingerprint density at radius 1 is 1.06 bits per heavy atom. The van der Waals surface area contributed by atoms with Crippen molar-refractivity contribution in [1.29, 1.82) is 0 Å². The van der Waals surface area contributed by atoms with Crippen LogP contribution in [-0.4, -0.2) is 85.8 Å². The van der Waals surface area contributed by atoms with Gasteiger partial charge in [-0.05, 0) is 71.8 Å². The molecule has 2 aliphatic heterocycles. The highest BCUT2D eigenvalue weighted by Crippen LogP contribution is 2.28. The Bertz CT molecular complexity index is 900. The van der Waals surface area contributed by atoms with Crippen LogP contribution in [0.3, 0.4) is 0 Å². The van der Waals surface area contributed by atoms with Gasteiger partial charge in [0.2, 0.25) is 5.91 Å². The number of carbonyl (C=O) groups excluding carboxylic acids is 3. The van der Waals surface area contributed by atoms with Crippen molar-refractivity contribution in [2.45, 2.75) is 46.1 Å². The molecule has 0 bridgehead atoms. The van der Waals surface area contributed by atoms with Crippen molar-refractivity contribution >= 4 is 35.0 Å². The number of piperazine rings is 1. The second-order valence-electron chi connectivity index (χ2n) is 10.1. The maximum absolute atomic E-state index is 12.8. The number of esters is 1. The summed E-state index contributed by atoms with van der Waals surface area (Å²) in [4.78, 5) is 42.7. The van der Waals surface area contributed by atoms with Crippen LogP contribution in [0.1, 0.15) is 40.5 Å². The second kappa shape index (κ2) is 11.6. The van der Waals surface area contributed by atoms with E-state index in [9.17, 15) is 14.4 Å². The second-order valence-corrected chi connectivity index (χ2v) is 10.1. The fourth-order valence-corrected chi connectivity index (χ4v) is 4.31. The molecule has 2 aliphatic rings. The van der Waals surface area contributed by atoms with Gasteiger partial charge in [-0.1, -0.05) is 0 Å². The van der Waals surface area contributed by atoms with Gasteiger partial charge < -0.3 is 30.3 Å². The van der Waals surface area contributed by atoms with Gasteiger partial charge in [0, 0.05) is 37.8 Å². The molecule has 0 saturated carbocycles. The highest BCUT2D eigenvalue weighted by Gasteiger charge is 2.28. The summed E-state index contributed by atoms with van der Waals surface area (Å²) in [5.74, 6) is -0.394. The van der Waals surface area contributed by atoms with E-state index in [1.165, 1.54) is 0 Å². The van der Waals surface area contributed by atoms with Crippen LogP contribution in [0, 0.1) is 5.92 Å².